The van der Waals surface area contributed by atoms with Crippen molar-refractivity contribution in [3.05, 3.63) is 35.7 Å². The van der Waals surface area contributed by atoms with Gasteiger partial charge in [-0.05, 0) is 17.7 Å². The van der Waals surface area contributed by atoms with Crippen LogP contribution < -0.4 is 5.73 Å². The van der Waals surface area contributed by atoms with E-state index in [1.165, 1.54) is 19.2 Å². The Kier molecular flexibility index (Phi) is 3.85. The number of ether oxygens (including phenoxy) is 1. The fraction of sp³-hybridized carbons (Fsp3) is 0.182. The van der Waals surface area contributed by atoms with E-state index in [-0.39, 0.29) is 18.1 Å². The van der Waals surface area contributed by atoms with Gasteiger partial charge in [0, 0.05) is 0 Å². The molecule has 0 aromatic heterocycles. The Hall–Kier alpha value is -1.84. The molecule has 80 valence electrons. The molecule has 3 nitrogen and oxygen atoms in total. The van der Waals surface area contributed by atoms with E-state index < -0.39 is 5.82 Å². The molecule has 0 atom stereocenters. The number of rotatable bonds is 3. The van der Waals surface area contributed by atoms with E-state index in [2.05, 4.69) is 4.74 Å². The first-order valence-corrected chi connectivity index (χ1v) is 4.42. The number of halogens is 1. The van der Waals surface area contributed by atoms with Gasteiger partial charge >= 0.3 is 5.97 Å². The molecule has 4 heteroatoms. The van der Waals surface area contributed by atoms with Gasteiger partial charge in [0.25, 0.3) is 0 Å². The van der Waals surface area contributed by atoms with E-state index in [0.29, 0.717) is 5.56 Å². The van der Waals surface area contributed by atoms with Crippen molar-refractivity contribution in [1.29, 1.82) is 0 Å². The van der Waals surface area contributed by atoms with Gasteiger partial charge in [0.1, 0.15) is 5.82 Å². The molecule has 0 heterocycles. The average Bonchev–Trinajstić information content (AvgIpc) is 2.23. The van der Waals surface area contributed by atoms with Crippen molar-refractivity contribution in [2.24, 2.45) is 0 Å². The maximum absolute atomic E-state index is 13.0. The molecule has 0 aliphatic carbocycles. The van der Waals surface area contributed by atoms with Crippen molar-refractivity contribution in [2.75, 3.05) is 12.8 Å². The predicted octanol–water partition coefficient (Wildman–Crippen LogP) is 1.98. The number of benzene rings is 1. The zero-order valence-electron chi connectivity index (χ0n) is 8.37. The van der Waals surface area contributed by atoms with Crippen LogP contribution in [-0.4, -0.2) is 13.1 Å². The highest BCUT2D eigenvalue weighted by molar-refractivity contribution is 5.72. The summed E-state index contributed by atoms with van der Waals surface area (Å²) in [5.74, 6) is -0.794. The summed E-state index contributed by atoms with van der Waals surface area (Å²) in [6.45, 7) is 0. The number of hydrogen-bond acceptors (Lipinski definition) is 3. The van der Waals surface area contributed by atoms with Crippen molar-refractivity contribution >= 4 is 17.7 Å². The van der Waals surface area contributed by atoms with E-state index in [9.17, 15) is 9.18 Å². The normalized spacial score (nSPS) is 10.5. The number of hydrogen-bond donors (Lipinski definition) is 1. The topological polar surface area (TPSA) is 52.3 Å². The van der Waals surface area contributed by atoms with E-state index in [1.54, 1.807) is 18.2 Å². The fourth-order valence-electron chi connectivity index (χ4n) is 1.02. The highest BCUT2D eigenvalue weighted by atomic mass is 19.1. The first kappa shape index (κ1) is 11.2. The lowest BCUT2D eigenvalue weighted by Crippen LogP contribution is -1.96. The summed E-state index contributed by atoms with van der Waals surface area (Å²) >= 11 is 0. The maximum atomic E-state index is 13.0. The SMILES string of the molecule is COC(=O)CC=Cc1ccc(N)c(F)c1. The van der Waals surface area contributed by atoms with Crippen molar-refractivity contribution in [3.8, 4) is 0 Å². The van der Waals surface area contributed by atoms with Gasteiger partial charge in [-0.1, -0.05) is 18.2 Å². The van der Waals surface area contributed by atoms with Crippen LogP contribution in [0.25, 0.3) is 6.08 Å². The minimum atomic E-state index is -0.463. The lowest BCUT2D eigenvalue weighted by Gasteiger charge is -1.97. The summed E-state index contributed by atoms with van der Waals surface area (Å²) < 4.78 is 17.4. The molecule has 0 unspecified atom stereocenters. The number of carbonyl (C=O) groups excluding carboxylic acids is 1. The first-order valence-electron chi connectivity index (χ1n) is 4.42. The Morgan fingerprint density at radius 2 is 2.33 bits per heavy atom. The summed E-state index contributed by atoms with van der Waals surface area (Å²) in [6.07, 6.45) is 3.42. The summed E-state index contributed by atoms with van der Waals surface area (Å²) in [5, 5.41) is 0. The minimum Gasteiger partial charge on any atom is -0.469 e. The molecular formula is C11H12FNO2. The summed E-state index contributed by atoms with van der Waals surface area (Å²) in [7, 11) is 1.32. The largest absolute Gasteiger partial charge is 0.469 e. The summed E-state index contributed by atoms with van der Waals surface area (Å²) in [4.78, 5) is 10.8. The van der Waals surface area contributed by atoms with Crippen LogP contribution in [-0.2, 0) is 9.53 Å². The maximum Gasteiger partial charge on any atom is 0.309 e. The molecule has 15 heavy (non-hydrogen) atoms. The number of methoxy groups -OCH3 is 1. The molecule has 1 aromatic rings. The third-order valence-corrected chi connectivity index (χ3v) is 1.85. The van der Waals surface area contributed by atoms with Gasteiger partial charge in [0.15, 0.2) is 0 Å². The van der Waals surface area contributed by atoms with Gasteiger partial charge in [-0.15, -0.1) is 0 Å². The van der Waals surface area contributed by atoms with Crippen molar-refractivity contribution in [1.82, 2.24) is 0 Å². The predicted molar refractivity (Wildman–Crippen MR) is 56.5 cm³/mol. The number of nitrogen functional groups attached to an aromatic ring is 1. The standard InChI is InChI=1S/C11H12FNO2/c1-15-11(14)4-2-3-8-5-6-10(13)9(12)7-8/h2-3,5-7H,4,13H2,1H3. The molecule has 0 spiro atoms. The second-order valence-electron chi connectivity index (χ2n) is 2.96. The van der Waals surface area contributed by atoms with E-state index in [0.717, 1.165) is 0 Å². The minimum absolute atomic E-state index is 0.111. The van der Waals surface area contributed by atoms with Gasteiger partial charge in [-0.2, -0.15) is 0 Å². The lowest BCUT2D eigenvalue weighted by atomic mass is 10.2. The Morgan fingerprint density at radius 1 is 1.60 bits per heavy atom. The Bertz CT molecular complexity index is 388. The lowest BCUT2D eigenvalue weighted by molar-refractivity contribution is -0.139. The smallest absolute Gasteiger partial charge is 0.309 e. The quantitative estimate of drug-likeness (QED) is 0.611. The third-order valence-electron chi connectivity index (χ3n) is 1.85. The van der Waals surface area contributed by atoms with Crippen molar-refractivity contribution < 1.29 is 13.9 Å². The van der Waals surface area contributed by atoms with Gasteiger partial charge < -0.3 is 10.5 Å². The molecule has 1 rings (SSSR count). The van der Waals surface area contributed by atoms with Crippen molar-refractivity contribution in [3.63, 3.8) is 0 Å². The van der Waals surface area contributed by atoms with Crippen LogP contribution in [0.4, 0.5) is 10.1 Å². The van der Waals surface area contributed by atoms with Gasteiger partial charge in [-0.3, -0.25) is 4.79 Å². The zero-order valence-corrected chi connectivity index (χ0v) is 8.37. The monoisotopic (exact) mass is 209 g/mol. The Labute approximate surface area is 87.3 Å². The number of anilines is 1. The molecule has 0 bridgehead atoms. The van der Waals surface area contributed by atoms with Crippen LogP contribution >= 0.6 is 0 Å². The number of carbonyl (C=O) groups is 1. The van der Waals surface area contributed by atoms with Crippen LogP contribution in [0.15, 0.2) is 24.3 Å². The molecular weight excluding hydrogens is 197 g/mol. The van der Waals surface area contributed by atoms with Crippen LogP contribution in [0.2, 0.25) is 0 Å². The molecule has 0 amide bonds. The van der Waals surface area contributed by atoms with Crippen LogP contribution in [0.1, 0.15) is 12.0 Å². The Balaban J connectivity index is 2.65. The summed E-state index contributed by atoms with van der Waals surface area (Å²) in [6, 6.07) is 4.46. The molecule has 0 saturated heterocycles. The molecule has 2 N–H and O–H groups in total. The average molecular weight is 209 g/mol. The van der Waals surface area contributed by atoms with Gasteiger partial charge in [0.05, 0.1) is 19.2 Å². The van der Waals surface area contributed by atoms with E-state index in [4.69, 9.17) is 5.73 Å². The molecule has 1 aromatic carbocycles. The highest BCUT2D eigenvalue weighted by Crippen LogP contribution is 2.13. The van der Waals surface area contributed by atoms with Crippen LogP contribution in [0, 0.1) is 5.82 Å². The first-order chi connectivity index (χ1) is 7.13. The fourth-order valence-corrected chi connectivity index (χ4v) is 1.02. The molecule has 0 radical (unpaired) electrons. The van der Waals surface area contributed by atoms with Crippen LogP contribution in [0.3, 0.4) is 0 Å². The van der Waals surface area contributed by atoms with Gasteiger partial charge in [0.2, 0.25) is 0 Å². The third kappa shape index (κ3) is 3.42. The zero-order chi connectivity index (χ0) is 11.3. The molecule has 0 aliphatic rings. The highest BCUT2D eigenvalue weighted by Gasteiger charge is 1.98. The molecule has 0 saturated carbocycles. The molecule has 0 aliphatic heterocycles. The molecule has 0 fully saturated rings. The second-order valence-corrected chi connectivity index (χ2v) is 2.96. The van der Waals surface area contributed by atoms with Crippen molar-refractivity contribution in [2.45, 2.75) is 6.42 Å². The van der Waals surface area contributed by atoms with Crippen LogP contribution in [0.5, 0.6) is 0 Å². The number of nitrogens with two attached hydrogens (primary N) is 1. The Morgan fingerprint density at radius 3 is 2.93 bits per heavy atom. The van der Waals surface area contributed by atoms with Gasteiger partial charge in [-0.25, -0.2) is 4.39 Å². The summed E-state index contributed by atoms with van der Waals surface area (Å²) in [5.41, 5.74) is 6.08. The second kappa shape index (κ2) is 5.14. The van der Waals surface area contributed by atoms with E-state index >= 15 is 0 Å². The van der Waals surface area contributed by atoms with E-state index in [1.807, 2.05) is 0 Å². The number of esters is 1.